The number of carbonyl (C=O) groups is 1. The third kappa shape index (κ3) is 4.52. The summed E-state index contributed by atoms with van der Waals surface area (Å²) in [7, 11) is -3.63. The predicted molar refractivity (Wildman–Crippen MR) is 102 cm³/mol. The number of hydrogen-bond acceptors (Lipinski definition) is 7. The summed E-state index contributed by atoms with van der Waals surface area (Å²) in [6, 6.07) is 9.47. The number of amides is 1. The number of aromatic nitrogens is 2. The molecular formula is C16H16N4O3S3. The summed E-state index contributed by atoms with van der Waals surface area (Å²) in [6.45, 7) is 2.19. The quantitative estimate of drug-likeness (QED) is 0.626. The monoisotopic (exact) mass is 408 g/mol. The molecule has 0 radical (unpaired) electrons. The van der Waals surface area contributed by atoms with Gasteiger partial charge in [-0.2, -0.15) is 0 Å². The van der Waals surface area contributed by atoms with Gasteiger partial charge in [0.05, 0.1) is 4.90 Å². The number of nitrogens with one attached hydrogen (secondary N) is 2. The number of sulfonamides is 1. The van der Waals surface area contributed by atoms with Crippen LogP contribution in [0.15, 0.2) is 46.7 Å². The van der Waals surface area contributed by atoms with E-state index in [4.69, 9.17) is 0 Å². The van der Waals surface area contributed by atoms with Crippen molar-refractivity contribution in [2.24, 2.45) is 0 Å². The second-order valence-corrected chi connectivity index (χ2v) is 9.10. The molecule has 0 bridgehead atoms. The molecule has 1 aromatic carbocycles. The van der Waals surface area contributed by atoms with Crippen molar-refractivity contribution in [3.63, 3.8) is 0 Å². The average Bonchev–Trinajstić information content (AvgIpc) is 3.32. The van der Waals surface area contributed by atoms with Crippen molar-refractivity contribution in [1.29, 1.82) is 0 Å². The Kier molecular flexibility index (Phi) is 5.77. The summed E-state index contributed by atoms with van der Waals surface area (Å²) < 4.78 is 27.2. The Morgan fingerprint density at radius 2 is 1.92 bits per heavy atom. The molecule has 3 rings (SSSR count). The molecular weight excluding hydrogens is 392 g/mol. The molecule has 0 aliphatic heterocycles. The summed E-state index contributed by atoms with van der Waals surface area (Å²) in [5.74, 6) is -0.362. The molecule has 0 atom stereocenters. The lowest BCUT2D eigenvalue weighted by atomic mass is 10.2. The molecule has 136 valence electrons. The van der Waals surface area contributed by atoms with Gasteiger partial charge >= 0.3 is 0 Å². The number of aryl methyl sites for hydroxylation is 1. The van der Waals surface area contributed by atoms with E-state index in [0.29, 0.717) is 10.7 Å². The van der Waals surface area contributed by atoms with Gasteiger partial charge in [0.15, 0.2) is 0 Å². The maximum atomic E-state index is 12.3. The van der Waals surface area contributed by atoms with Gasteiger partial charge in [-0.05, 0) is 42.1 Å². The molecule has 2 N–H and O–H groups in total. The fourth-order valence-electron chi connectivity index (χ4n) is 2.06. The van der Waals surface area contributed by atoms with Gasteiger partial charge < -0.3 is 0 Å². The Morgan fingerprint density at radius 1 is 1.15 bits per heavy atom. The fraction of sp³-hybridized carbons (Fsp3) is 0.188. The highest BCUT2D eigenvalue weighted by Gasteiger charge is 2.16. The molecule has 0 saturated carbocycles. The van der Waals surface area contributed by atoms with Crippen molar-refractivity contribution >= 4 is 43.7 Å². The number of hydrogen-bond donors (Lipinski definition) is 2. The van der Waals surface area contributed by atoms with Gasteiger partial charge in [0.1, 0.15) is 5.01 Å². The van der Waals surface area contributed by atoms with Crippen LogP contribution >= 0.6 is 22.7 Å². The van der Waals surface area contributed by atoms with Gasteiger partial charge in [-0.3, -0.25) is 10.1 Å². The van der Waals surface area contributed by atoms with Crippen molar-refractivity contribution in [3.8, 4) is 0 Å². The minimum absolute atomic E-state index is 0.106. The summed E-state index contributed by atoms with van der Waals surface area (Å²) in [4.78, 5) is 13.2. The van der Waals surface area contributed by atoms with E-state index in [1.165, 1.54) is 46.9 Å². The summed E-state index contributed by atoms with van der Waals surface area (Å²) in [5.41, 5.74) is 0.343. The van der Waals surface area contributed by atoms with E-state index < -0.39 is 10.0 Å². The molecule has 0 aliphatic carbocycles. The normalized spacial score (nSPS) is 11.4. The van der Waals surface area contributed by atoms with Gasteiger partial charge in [0, 0.05) is 17.0 Å². The Balaban J connectivity index is 1.66. The van der Waals surface area contributed by atoms with Crippen LogP contribution in [0.3, 0.4) is 0 Å². The smallest absolute Gasteiger partial charge is 0.257 e. The van der Waals surface area contributed by atoms with E-state index in [-0.39, 0.29) is 17.3 Å². The van der Waals surface area contributed by atoms with Crippen LogP contribution in [0, 0.1) is 0 Å². The maximum absolute atomic E-state index is 12.3. The molecule has 7 nitrogen and oxygen atoms in total. The standard InChI is InChI=1S/C16H16N4O3S3/c1-2-14-19-20-16(25-14)18-15(21)11-5-7-13(8-6-11)26(22,23)17-10-12-4-3-9-24-12/h3-9,17H,2,10H2,1H3,(H,18,20,21). The van der Waals surface area contributed by atoms with Crippen LogP contribution < -0.4 is 10.0 Å². The van der Waals surface area contributed by atoms with Gasteiger partial charge in [-0.1, -0.05) is 24.3 Å². The van der Waals surface area contributed by atoms with Crippen LogP contribution in [0.2, 0.25) is 0 Å². The predicted octanol–water partition coefficient (Wildman–Crippen LogP) is 2.89. The Hall–Kier alpha value is -2.14. The fourth-order valence-corrected chi connectivity index (χ4v) is 4.48. The van der Waals surface area contributed by atoms with Gasteiger partial charge in [0.2, 0.25) is 15.2 Å². The number of anilines is 1. The molecule has 26 heavy (non-hydrogen) atoms. The van der Waals surface area contributed by atoms with E-state index in [1.54, 1.807) is 0 Å². The first kappa shape index (κ1) is 18.6. The van der Waals surface area contributed by atoms with Crippen LogP contribution in [-0.2, 0) is 23.0 Å². The molecule has 0 spiro atoms. The van der Waals surface area contributed by atoms with Crippen LogP contribution in [0.4, 0.5) is 5.13 Å². The molecule has 2 heterocycles. The zero-order valence-corrected chi connectivity index (χ0v) is 16.2. The lowest BCUT2D eigenvalue weighted by Gasteiger charge is -2.07. The molecule has 2 aromatic heterocycles. The number of carbonyl (C=O) groups excluding carboxylic acids is 1. The van der Waals surface area contributed by atoms with E-state index >= 15 is 0 Å². The lowest BCUT2D eigenvalue weighted by molar-refractivity contribution is 0.102. The van der Waals surface area contributed by atoms with Gasteiger partial charge in [-0.15, -0.1) is 21.5 Å². The lowest BCUT2D eigenvalue weighted by Crippen LogP contribution is -2.23. The first-order chi connectivity index (χ1) is 12.5. The maximum Gasteiger partial charge on any atom is 0.257 e. The van der Waals surface area contributed by atoms with Crippen LogP contribution in [0.1, 0.15) is 27.2 Å². The van der Waals surface area contributed by atoms with E-state index in [1.807, 2.05) is 24.4 Å². The van der Waals surface area contributed by atoms with Crippen LogP contribution in [-0.4, -0.2) is 24.5 Å². The summed E-state index contributed by atoms with van der Waals surface area (Å²) in [5, 5.41) is 13.6. The Labute approximate surface area is 159 Å². The van der Waals surface area contributed by atoms with Gasteiger partial charge in [-0.25, -0.2) is 13.1 Å². The third-order valence-electron chi connectivity index (χ3n) is 3.43. The van der Waals surface area contributed by atoms with Crippen molar-refractivity contribution in [2.75, 3.05) is 5.32 Å². The van der Waals surface area contributed by atoms with E-state index in [9.17, 15) is 13.2 Å². The summed E-state index contributed by atoms with van der Waals surface area (Å²) in [6.07, 6.45) is 0.749. The molecule has 0 fully saturated rings. The van der Waals surface area contributed by atoms with Crippen LogP contribution in [0.25, 0.3) is 0 Å². The van der Waals surface area contributed by atoms with Gasteiger partial charge in [0.25, 0.3) is 5.91 Å². The Bertz CT molecular complexity index is 980. The number of thiophene rings is 1. The van der Waals surface area contributed by atoms with Crippen molar-refractivity contribution in [1.82, 2.24) is 14.9 Å². The number of benzene rings is 1. The molecule has 10 heteroatoms. The van der Waals surface area contributed by atoms with E-state index in [2.05, 4.69) is 20.2 Å². The molecule has 0 unspecified atom stereocenters. The third-order valence-corrected chi connectivity index (χ3v) is 6.71. The highest BCUT2D eigenvalue weighted by Crippen LogP contribution is 2.18. The Morgan fingerprint density at radius 3 is 2.54 bits per heavy atom. The first-order valence-electron chi connectivity index (χ1n) is 7.74. The highest BCUT2D eigenvalue weighted by molar-refractivity contribution is 7.89. The molecule has 3 aromatic rings. The van der Waals surface area contributed by atoms with Crippen molar-refractivity contribution in [3.05, 3.63) is 57.2 Å². The van der Waals surface area contributed by atoms with E-state index in [0.717, 1.165) is 16.3 Å². The zero-order chi connectivity index (χ0) is 18.6. The first-order valence-corrected chi connectivity index (χ1v) is 10.9. The van der Waals surface area contributed by atoms with Crippen molar-refractivity contribution in [2.45, 2.75) is 24.8 Å². The number of rotatable bonds is 7. The molecule has 1 amide bonds. The average molecular weight is 409 g/mol. The molecule has 0 saturated heterocycles. The number of nitrogens with zero attached hydrogens (tertiary/aromatic N) is 2. The van der Waals surface area contributed by atoms with Crippen molar-refractivity contribution < 1.29 is 13.2 Å². The SMILES string of the molecule is CCc1nnc(NC(=O)c2ccc(S(=O)(=O)NCc3cccs3)cc2)s1. The summed E-state index contributed by atoms with van der Waals surface area (Å²) >= 11 is 2.79. The minimum Gasteiger partial charge on any atom is -0.296 e. The molecule has 0 aliphatic rings. The zero-order valence-electron chi connectivity index (χ0n) is 13.8. The second-order valence-electron chi connectivity index (χ2n) is 5.24. The largest absolute Gasteiger partial charge is 0.296 e. The topological polar surface area (TPSA) is 101 Å². The highest BCUT2D eigenvalue weighted by atomic mass is 32.2. The minimum atomic E-state index is -3.63. The second kappa shape index (κ2) is 8.04. The van der Waals surface area contributed by atoms with Crippen LogP contribution in [0.5, 0.6) is 0 Å².